The van der Waals surface area contributed by atoms with Gasteiger partial charge in [-0.15, -0.1) is 0 Å². The normalized spacial score (nSPS) is 19.2. The Kier molecular flexibility index (Phi) is 24.1. The Morgan fingerprint density at radius 1 is 0.462 bits per heavy atom. The molecule has 0 spiro atoms. The van der Waals surface area contributed by atoms with Crippen molar-refractivity contribution in [1.29, 1.82) is 0 Å². The van der Waals surface area contributed by atoms with E-state index in [1.165, 1.54) is 22.2 Å². The second-order valence-corrected chi connectivity index (χ2v) is 26.0. The smallest absolute Gasteiger partial charge is 0.255 e. The minimum Gasteiger partial charge on any atom is -0.618 e. The van der Waals surface area contributed by atoms with E-state index in [-0.39, 0.29) is 78.3 Å². The molecule has 14 rings (SSSR count). The number of rotatable bonds is 16. The van der Waals surface area contributed by atoms with Crippen molar-refractivity contribution in [1.82, 2.24) is 65.0 Å². The van der Waals surface area contributed by atoms with Crippen molar-refractivity contribution >= 4 is 35.4 Å². The molecule has 11 heterocycles. The highest BCUT2D eigenvalue weighted by molar-refractivity contribution is 5.93. The van der Waals surface area contributed by atoms with E-state index in [0.29, 0.717) is 34.8 Å². The topological polar surface area (TPSA) is 346 Å². The molecule has 6 aromatic heterocycles. The number of ether oxygens (including phenoxy) is 4. The molecule has 29 nitrogen and oxygen atoms in total. The molecule has 3 aromatic carbocycles. The van der Waals surface area contributed by atoms with Gasteiger partial charge in [-0.25, -0.2) is 14.0 Å². The van der Waals surface area contributed by atoms with Crippen LogP contribution in [0.25, 0.3) is 17.1 Å². The molecule has 9 aromatic rings. The first-order chi connectivity index (χ1) is 48.4. The minimum atomic E-state index is -1.95. The van der Waals surface area contributed by atoms with E-state index >= 15 is 0 Å². The number of fused-ring (bicyclic) bond motifs is 3. The van der Waals surface area contributed by atoms with Gasteiger partial charge in [-0.05, 0) is 144 Å². The summed E-state index contributed by atoms with van der Waals surface area (Å²) in [4.78, 5) is 86.9. The van der Waals surface area contributed by atoms with Crippen molar-refractivity contribution in [3.63, 3.8) is 0 Å². The van der Waals surface area contributed by atoms with Crippen LogP contribution >= 0.6 is 0 Å². The number of pyridine rings is 3. The van der Waals surface area contributed by atoms with E-state index in [2.05, 4.69) is 36.2 Å². The third kappa shape index (κ3) is 17.2. The van der Waals surface area contributed by atoms with Gasteiger partial charge in [-0.3, -0.25) is 33.8 Å². The fourth-order valence-electron chi connectivity index (χ4n) is 12.6. The molecule has 9 atom stereocenters. The van der Waals surface area contributed by atoms with E-state index in [4.69, 9.17) is 18.9 Å². The number of hydrogen-bond donors (Lipinski definition) is 5. The Morgan fingerprint density at radius 3 is 1.22 bits per heavy atom. The van der Waals surface area contributed by atoms with Crippen LogP contribution in [-0.4, -0.2) is 143 Å². The second-order valence-electron chi connectivity index (χ2n) is 26.0. The fourth-order valence-corrected chi connectivity index (χ4v) is 12.6. The molecule has 0 bridgehead atoms. The maximum Gasteiger partial charge on any atom is 0.255 e. The summed E-state index contributed by atoms with van der Waals surface area (Å²) < 4.78 is 30.1. The van der Waals surface area contributed by atoms with Crippen LogP contribution in [0.15, 0.2) is 183 Å². The lowest BCUT2D eigenvalue weighted by atomic mass is 10.1. The lowest BCUT2D eigenvalue weighted by molar-refractivity contribution is -0.614. The van der Waals surface area contributed by atoms with Gasteiger partial charge in [0.1, 0.15) is 13.1 Å². The van der Waals surface area contributed by atoms with Crippen molar-refractivity contribution in [3.05, 3.63) is 244 Å². The zero-order valence-electron chi connectivity index (χ0n) is 56.4. The van der Waals surface area contributed by atoms with Crippen molar-refractivity contribution in [3.8, 4) is 17.1 Å². The zero-order valence-corrected chi connectivity index (χ0v) is 56.4. The SMILES string of the molecule is C.C.C.C[C@@H](NC(=O)[C@@H]1OC(C)(C)O[C@H]1C(=O)N1Cc2ccc[n+]([O-])c2C1)c1ccc(-n2cccn2)cc1.C[C@@H](NC(=O)[C@@H]1OC(C)(C)O[C@H]1C(=O)N1Cc2cccnc2C1)c1ccc(-n2cccn2)cc1.C[C@@H](NC(=O)[C@H](O)[C@@H](O)C(=O)N1Cc2ccc[n+]([O-])c2C1)c1ccc(-n2cccn2)cc1. The van der Waals surface area contributed by atoms with Crippen LogP contribution in [0.5, 0.6) is 0 Å². The van der Waals surface area contributed by atoms with Gasteiger partial charge in [0.25, 0.3) is 35.4 Å². The minimum absolute atomic E-state index is 0. The van der Waals surface area contributed by atoms with E-state index in [1.807, 2.05) is 142 Å². The molecule has 548 valence electrons. The number of nitrogens with one attached hydrogen (secondary N) is 3. The highest BCUT2D eigenvalue weighted by Gasteiger charge is 2.53. The molecule has 5 aliphatic heterocycles. The number of amides is 6. The average molecular weight is 1420 g/mol. The summed E-state index contributed by atoms with van der Waals surface area (Å²) in [6.07, 6.45) is 6.87. The van der Waals surface area contributed by atoms with Gasteiger partial charge >= 0.3 is 0 Å². The molecule has 0 radical (unpaired) electrons. The van der Waals surface area contributed by atoms with Gasteiger partial charge in [-0.2, -0.15) is 24.8 Å². The third-order valence-electron chi connectivity index (χ3n) is 17.9. The summed E-state index contributed by atoms with van der Waals surface area (Å²) in [5.74, 6) is -5.34. The summed E-state index contributed by atoms with van der Waals surface area (Å²) >= 11 is 0. The number of hydrogen-bond acceptors (Lipinski definition) is 18. The highest BCUT2D eigenvalue weighted by Crippen LogP contribution is 2.35. The molecule has 29 heteroatoms. The lowest BCUT2D eigenvalue weighted by Crippen LogP contribution is -2.50. The Balaban J connectivity index is 0.000000179. The fraction of sp³-hybridized carbons (Fsp3) is 0.360. The predicted molar refractivity (Wildman–Crippen MR) is 378 cm³/mol. The van der Waals surface area contributed by atoms with Crippen molar-refractivity contribution in [2.24, 2.45) is 0 Å². The van der Waals surface area contributed by atoms with Gasteiger partial charge in [0.2, 0.25) is 11.4 Å². The second kappa shape index (κ2) is 32.5. The molecule has 0 unspecified atom stereocenters. The summed E-state index contributed by atoms with van der Waals surface area (Å²) in [7, 11) is 0. The van der Waals surface area contributed by atoms with Crippen LogP contribution in [0.1, 0.15) is 139 Å². The summed E-state index contributed by atoms with van der Waals surface area (Å²) in [5.41, 5.74) is 9.50. The van der Waals surface area contributed by atoms with Crippen LogP contribution in [0.2, 0.25) is 0 Å². The number of aliphatic hydroxyl groups excluding tert-OH is 2. The summed E-state index contributed by atoms with van der Waals surface area (Å²) in [6, 6.07) is 37.7. The average Bonchev–Trinajstić information content (AvgIpc) is 1.64. The van der Waals surface area contributed by atoms with Crippen LogP contribution in [0.3, 0.4) is 0 Å². The molecule has 0 saturated carbocycles. The quantitative estimate of drug-likeness (QED) is 0.0538. The van der Waals surface area contributed by atoms with Gasteiger partial charge in [-0.1, -0.05) is 64.7 Å². The molecule has 2 saturated heterocycles. The molecule has 2 fully saturated rings. The molecular formula is C75H89N15O14. The van der Waals surface area contributed by atoms with Crippen molar-refractivity contribution < 1.29 is 67.4 Å². The maximum atomic E-state index is 13.4. The first kappa shape index (κ1) is 77.1. The molecule has 104 heavy (non-hydrogen) atoms. The number of carbonyl (C=O) groups excluding carboxylic acids is 6. The van der Waals surface area contributed by atoms with Gasteiger partial charge < -0.3 is 70.2 Å². The molecule has 5 N–H and O–H groups in total. The molecule has 5 aliphatic rings. The van der Waals surface area contributed by atoms with Gasteiger partial charge in [0.15, 0.2) is 60.6 Å². The Morgan fingerprint density at radius 2 is 0.827 bits per heavy atom. The monoisotopic (exact) mass is 1420 g/mol. The summed E-state index contributed by atoms with van der Waals surface area (Å²) in [5, 5.41) is 65.6. The highest BCUT2D eigenvalue weighted by atomic mass is 16.8. The third-order valence-corrected chi connectivity index (χ3v) is 17.9. The number of carbonyl (C=O) groups is 6. The number of benzene rings is 3. The van der Waals surface area contributed by atoms with Crippen LogP contribution in [0, 0.1) is 10.4 Å². The number of nitrogens with zero attached hydrogens (tertiary/aromatic N) is 12. The van der Waals surface area contributed by atoms with E-state index in [0.717, 1.165) is 55.3 Å². The van der Waals surface area contributed by atoms with E-state index in [9.17, 15) is 49.4 Å². The van der Waals surface area contributed by atoms with Crippen LogP contribution < -0.4 is 25.4 Å². The maximum absolute atomic E-state index is 13.4. The van der Waals surface area contributed by atoms with Crippen molar-refractivity contribution in [2.75, 3.05) is 0 Å². The Labute approximate surface area is 602 Å². The molecular weight excluding hydrogens is 1330 g/mol. The number of aromatic nitrogens is 9. The van der Waals surface area contributed by atoms with Crippen LogP contribution in [0.4, 0.5) is 0 Å². The van der Waals surface area contributed by atoms with Gasteiger partial charge in [0.05, 0.1) is 60.5 Å². The first-order valence-corrected chi connectivity index (χ1v) is 32.8. The van der Waals surface area contributed by atoms with Crippen molar-refractivity contribution in [2.45, 2.75) is 176 Å². The molecule has 6 amide bonds. The summed E-state index contributed by atoms with van der Waals surface area (Å²) in [6.45, 7) is 13.6. The zero-order chi connectivity index (χ0) is 71.4. The Hall–Kier alpha value is -11.1. The first-order valence-electron chi connectivity index (χ1n) is 32.8. The molecule has 0 aliphatic carbocycles. The lowest BCUT2D eigenvalue weighted by Gasteiger charge is -2.23. The van der Waals surface area contributed by atoms with Gasteiger partial charge in [0, 0.05) is 73.2 Å². The van der Waals surface area contributed by atoms with E-state index in [1.54, 1.807) is 96.6 Å². The van der Waals surface area contributed by atoms with E-state index < -0.39 is 72.0 Å². The number of aliphatic hydroxyl groups is 2. The standard InChI is InChI=1S/C25H27N5O5.C25H27N5O4.C22H23N5O5.3CH4/c1-16(17-7-9-19(10-8-17)29-12-5-11-26-29)27-23(31)21-22(35-25(2,3)34-21)24(32)28-14-18-6-4-13-30(33)20(18)15-28;1-16(17-7-9-19(10-8-17)30-13-5-12-27-30)28-23(31)21-22(34-25(2,3)33-21)24(32)29-14-18-6-4-11-26-20(18)15-29;1-14(15-5-7-17(8-6-15)26-10-3-9-23-26)24-21(30)19(28)20(29)22(31)25-12-16-4-2-11-27(32)18(16)13-25;;;/h4-13,16,21-22H,14-15H2,1-3H3,(H,27,31);4-13,16,21-22H,14-15H2,1-3H3,(H,28,31);2-11,14,19-20,28-29H,12-13H2,1H3,(H,24,30);3*1H4/t2*16-,21-,22-;14-,19-,20-;;;/m111.../s1. The predicted octanol–water partition coefficient (Wildman–Crippen LogP) is 6.11. The van der Waals surface area contributed by atoms with Crippen LogP contribution in [-0.2, 0) is 87.0 Å². The largest absolute Gasteiger partial charge is 0.618 e. The Bertz CT molecular complexity index is 4420.